The Kier molecular flexibility index (Phi) is 5.40. The first kappa shape index (κ1) is 10.8. The summed E-state index contributed by atoms with van der Waals surface area (Å²) in [5.74, 6) is 0.828. The quantitative estimate of drug-likeness (QED) is 0.403. The number of hydrogen-bond donors (Lipinski definition) is 0. The topological polar surface area (TPSA) is 22.4 Å². The van der Waals surface area contributed by atoms with Gasteiger partial charge in [0.1, 0.15) is 0 Å². The number of furan rings is 1. The molecule has 2 nitrogen and oxygen atoms in total. The molecule has 0 N–H and O–H groups in total. The Morgan fingerprint density at radius 1 is 1.64 bits per heavy atom. The molecule has 0 radical (unpaired) electrons. The van der Waals surface area contributed by atoms with Crippen LogP contribution in [0.1, 0.15) is 19.6 Å². The molecular formula is C8H11LiO2. The molecule has 11 heavy (non-hydrogen) atoms. The summed E-state index contributed by atoms with van der Waals surface area (Å²) in [7, 11) is 0. The molecule has 0 aromatic carbocycles. The Bertz CT molecular complexity index is 170. The van der Waals surface area contributed by atoms with Gasteiger partial charge in [-0.3, -0.25) is 0 Å². The summed E-state index contributed by atoms with van der Waals surface area (Å²) in [5, 5.41) is 0. The van der Waals surface area contributed by atoms with Crippen molar-refractivity contribution in [2.24, 2.45) is 0 Å². The number of rotatable bonds is 3. The van der Waals surface area contributed by atoms with Gasteiger partial charge in [-0.1, -0.05) is 0 Å². The van der Waals surface area contributed by atoms with Gasteiger partial charge in [0.05, 0.1) is 6.10 Å². The van der Waals surface area contributed by atoms with Crippen molar-refractivity contribution in [2.45, 2.75) is 26.6 Å². The van der Waals surface area contributed by atoms with E-state index in [4.69, 9.17) is 9.15 Å². The van der Waals surface area contributed by atoms with E-state index in [1.807, 2.05) is 13.8 Å². The molecule has 0 unspecified atom stereocenters. The molecule has 0 amide bonds. The fraction of sp³-hybridized carbons (Fsp3) is 0.500. The molecule has 0 spiro atoms. The zero-order valence-electron chi connectivity index (χ0n) is 7.26. The van der Waals surface area contributed by atoms with E-state index in [-0.39, 0.29) is 25.0 Å². The standard InChI is InChI=1S/C8H11O2.Li/c1-7(2)10-6-8-4-3-5-9-8;/h4-5,7H,6H2,1-2H3;/q-1;+1. The van der Waals surface area contributed by atoms with Crippen molar-refractivity contribution in [3.05, 3.63) is 24.2 Å². The second kappa shape index (κ2) is 5.48. The minimum absolute atomic E-state index is 0. The molecule has 1 heterocycles. The molecule has 1 aromatic rings. The van der Waals surface area contributed by atoms with Crippen LogP contribution in [0.15, 0.2) is 16.7 Å². The van der Waals surface area contributed by atoms with Gasteiger partial charge in [0.25, 0.3) is 0 Å². The SMILES string of the molecule is CC(C)OCc1c[c-]co1.[Li+]. The Morgan fingerprint density at radius 3 is 2.82 bits per heavy atom. The van der Waals surface area contributed by atoms with Gasteiger partial charge in [0, 0.05) is 6.61 Å². The Hall–Kier alpha value is -0.163. The van der Waals surface area contributed by atoms with Crippen LogP contribution >= 0.6 is 0 Å². The molecule has 0 fully saturated rings. The van der Waals surface area contributed by atoms with Gasteiger partial charge in [0.2, 0.25) is 0 Å². The first-order valence-electron chi connectivity index (χ1n) is 3.34. The smallest absolute Gasteiger partial charge is 0.571 e. The summed E-state index contributed by atoms with van der Waals surface area (Å²) in [6, 6.07) is 4.59. The van der Waals surface area contributed by atoms with E-state index in [1.54, 1.807) is 6.07 Å². The van der Waals surface area contributed by atoms with Gasteiger partial charge in [-0.05, 0) is 25.9 Å². The molecule has 1 rings (SSSR count). The van der Waals surface area contributed by atoms with E-state index in [9.17, 15) is 0 Å². The van der Waals surface area contributed by atoms with Gasteiger partial charge in [-0.25, -0.2) is 6.07 Å². The second-order valence-corrected chi connectivity index (χ2v) is 2.37. The second-order valence-electron chi connectivity index (χ2n) is 2.37. The molecule has 1 aromatic heterocycles. The van der Waals surface area contributed by atoms with Crippen molar-refractivity contribution in [3.8, 4) is 0 Å². The average Bonchev–Trinajstić information content (AvgIpc) is 2.34. The minimum atomic E-state index is 0. The summed E-state index contributed by atoms with van der Waals surface area (Å²) >= 11 is 0. The molecule has 0 saturated carbocycles. The van der Waals surface area contributed by atoms with E-state index in [2.05, 4.69) is 6.07 Å². The Balaban J connectivity index is 0.000001000. The van der Waals surface area contributed by atoms with Crippen LogP contribution in [0.5, 0.6) is 0 Å². The van der Waals surface area contributed by atoms with Crippen LogP contribution in [0.25, 0.3) is 0 Å². The van der Waals surface area contributed by atoms with Gasteiger partial charge in [-0.2, -0.15) is 6.07 Å². The van der Waals surface area contributed by atoms with Crippen LogP contribution in [-0.4, -0.2) is 6.10 Å². The third kappa shape index (κ3) is 4.31. The Morgan fingerprint density at radius 2 is 2.36 bits per heavy atom. The van der Waals surface area contributed by atoms with Gasteiger partial charge >= 0.3 is 18.9 Å². The van der Waals surface area contributed by atoms with E-state index < -0.39 is 0 Å². The first-order chi connectivity index (χ1) is 4.79. The zero-order chi connectivity index (χ0) is 7.40. The summed E-state index contributed by atoms with van der Waals surface area (Å²) < 4.78 is 10.3. The van der Waals surface area contributed by atoms with Crippen LogP contribution in [-0.2, 0) is 11.3 Å². The molecule has 0 aliphatic rings. The third-order valence-electron chi connectivity index (χ3n) is 1.08. The molecule has 0 saturated heterocycles. The normalized spacial score (nSPS) is 9.73. The van der Waals surface area contributed by atoms with Crippen molar-refractivity contribution < 1.29 is 28.0 Å². The third-order valence-corrected chi connectivity index (χ3v) is 1.08. The Labute approximate surface area is 79.1 Å². The van der Waals surface area contributed by atoms with Crippen LogP contribution < -0.4 is 18.9 Å². The summed E-state index contributed by atoms with van der Waals surface area (Å²) in [5.41, 5.74) is 0. The predicted molar refractivity (Wildman–Crippen MR) is 37.5 cm³/mol. The van der Waals surface area contributed by atoms with E-state index in [0.29, 0.717) is 6.61 Å². The fourth-order valence-electron chi connectivity index (χ4n) is 0.595. The number of ether oxygens (including phenoxy) is 1. The largest absolute Gasteiger partial charge is 1.00 e. The maximum absolute atomic E-state index is 5.27. The van der Waals surface area contributed by atoms with Crippen LogP contribution in [0.3, 0.4) is 0 Å². The fourth-order valence-corrected chi connectivity index (χ4v) is 0.595. The molecule has 0 aliphatic carbocycles. The zero-order valence-corrected chi connectivity index (χ0v) is 7.26. The summed E-state index contributed by atoms with van der Waals surface area (Å²) in [4.78, 5) is 0. The van der Waals surface area contributed by atoms with E-state index in [0.717, 1.165) is 5.76 Å². The molecule has 0 bridgehead atoms. The van der Waals surface area contributed by atoms with Crippen LogP contribution in [0, 0.1) is 6.07 Å². The monoisotopic (exact) mass is 146 g/mol. The molecule has 56 valence electrons. The summed E-state index contributed by atoms with van der Waals surface area (Å²) in [6.07, 6.45) is 1.78. The van der Waals surface area contributed by atoms with Crippen LogP contribution in [0.4, 0.5) is 0 Å². The molecule has 3 heteroatoms. The van der Waals surface area contributed by atoms with Crippen molar-refractivity contribution in [1.29, 1.82) is 0 Å². The van der Waals surface area contributed by atoms with Gasteiger partial charge in [-0.15, -0.1) is 0 Å². The van der Waals surface area contributed by atoms with Crippen molar-refractivity contribution in [1.82, 2.24) is 0 Å². The average molecular weight is 146 g/mol. The summed E-state index contributed by atoms with van der Waals surface area (Å²) in [6.45, 7) is 4.53. The van der Waals surface area contributed by atoms with Crippen molar-refractivity contribution >= 4 is 0 Å². The van der Waals surface area contributed by atoms with E-state index >= 15 is 0 Å². The van der Waals surface area contributed by atoms with Crippen LogP contribution in [0.2, 0.25) is 0 Å². The predicted octanol–water partition coefficient (Wildman–Crippen LogP) is -0.991. The molecule has 0 atom stereocenters. The number of hydrogen-bond acceptors (Lipinski definition) is 2. The van der Waals surface area contributed by atoms with Crippen molar-refractivity contribution in [2.75, 3.05) is 0 Å². The maximum atomic E-state index is 5.27. The first-order valence-corrected chi connectivity index (χ1v) is 3.34. The minimum Gasteiger partial charge on any atom is -0.571 e. The van der Waals surface area contributed by atoms with E-state index in [1.165, 1.54) is 6.26 Å². The molecule has 0 aliphatic heterocycles. The van der Waals surface area contributed by atoms with Crippen molar-refractivity contribution in [3.63, 3.8) is 0 Å². The van der Waals surface area contributed by atoms with Gasteiger partial charge in [0.15, 0.2) is 0 Å². The van der Waals surface area contributed by atoms with Gasteiger partial charge < -0.3 is 9.15 Å². The molecular weight excluding hydrogens is 135 g/mol. The maximum Gasteiger partial charge on any atom is 1.00 e.